The Morgan fingerprint density at radius 1 is 1.53 bits per heavy atom. The van der Waals surface area contributed by atoms with Crippen molar-refractivity contribution in [2.45, 2.75) is 19.9 Å². The SMILES string of the molecule is CC(C)C(NC(=O)O)c1cc(=O)cc[nH]1. The van der Waals surface area contributed by atoms with E-state index in [2.05, 4.69) is 10.3 Å². The van der Waals surface area contributed by atoms with Crippen molar-refractivity contribution < 1.29 is 9.90 Å². The van der Waals surface area contributed by atoms with Crippen molar-refractivity contribution in [3.8, 4) is 0 Å². The number of hydrogen-bond donors (Lipinski definition) is 3. The maximum atomic E-state index is 11.1. The lowest BCUT2D eigenvalue weighted by Gasteiger charge is -2.20. The van der Waals surface area contributed by atoms with E-state index in [-0.39, 0.29) is 11.3 Å². The molecule has 0 aliphatic rings. The molecular formula is C10H14N2O3. The number of nitrogens with one attached hydrogen (secondary N) is 2. The molecule has 15 heavy (non-hydrogen) atoms. The zero-order chi connectivity index (χ0) is 11.4. The number of rotatable bonds is 3. The molecule has 0 aliphatic heterocycles. The Morgan fingerprint density at radius 2 is 2.20 bits per heavy atom. The van der Waals surface area contributed by atoms with Crippen LogP contribution in [0.2, 0.25) is 0 Å². The molecule has 1 atom stereocenters. The van der Waals surface area contributed by atoms with Crippen LogP contribution in [-0.4, -0.2) is 16.2 Å². The van der Waals surface area contributed by atoms with Crippen molar-refractivity contribution in [3.05, 3.63) is 34.2 Å². The van der Waals surface area contributed by atoms with Gasteiger partial charge in [-0.05, 0) is 5.92 Å². The summed E-state index contributed by atoms with van der Waals surface area (Å²) >= 11 is 0. The van der Waals surface area contributed by atoms with Gasteiger partial charge in [0.05, 0.1) is 6.04 Å². The Hall–Kier alpha value is -1.78. The van der Waals surface area contributed by atoms with E-state index in [4.69, 9.17) is 5.11 Å². The molecule has 1 aromatic rings. The molecule has 5 heteroatoms. The summed E-state index contributed by atoms with van der Waals surface area (Å²) in [5.74, 6) is 0.0687. The van der Waals surface area contributed by atoms with Crippen LogP contribution < -0.4 is 10.7 Å². The van der Waals surface area contributed by atoms with E-state index in [0.717, 1.165) is 0 Å². The first-order valence-corrected chi connectivity index (χ1v) is 4.69. The van der Waals surface area contributed by atoms with Crippen LogP contribution in [0.3, 0.4) is 0 Å². The molecule has 3 N–H and O–H groups in total. The third-order valence-electron chi connectivity index (χ3n) is 2.08. The summed E-state index contributed by atoms with van der Waals surface area (Å²) in [4.78, 5) is 24.5. The molecule has 1 amide bonds. The first-order valence-electron chi connectivity index (χ1n) is 4.69. The zero-order valence-corrected chi connectivity index (χ0v) is 8.65. The summed E-state index contributed by atoms with van der Waals surface area (Å²) in [7, 11) is 0. The van der Waals surface area contributed by atoms with Crippen LogP contribution >= 0.6 is 0 Å². The van der Waals surface area contributed by atoms with Gasteiger partial charge in [-0.3, -0.25) is 4.79 Å². The minimum Gasteiger partial charge on any atom is -0.465 e. The third kappa shape index (κ3) is 3.12. The van der Waals surface area contributed by atoms with E-state index in [1.54, 1.807) is 0 Å². The molecule has 0 aromatic carbocycles. The molecule has 1 aromatic heterocycles. The van der Waals surface area contributed by atoms with Gasteiger partial charge in [-0.15, -0.1) is 0 Å². The number of aromatic nitrogens is 1. The summed E-state index contributed by atoms with van der Waals surface area (Å²) in [5.41, 5.74) is 0.446. The molecule has 1 unspecified atom stereocenters. The second kappa shape index (κ2) is 4.63. The van der Waals surface area contributed by atoms with Crippen LogP contribution in [0.15, 0.2) is 23.1 Å². The zero-order valence-electron chi connectivity index (χ0n) is 8.65. The highest BCUT2D eigenvalue weighted by molar-refractivity contribution is 5.65. The van der Waals surface area contributed by atoms with E-state index < -0.39 is 12.1 Å². The minimum absolute atomic E-state index is 0.0687. The molecule has 0 fully saturated rings. The van der Waals surface area contributed by atoms with Crippen LogP contribution in [0.4, 0.5) is 4.79 Å². The molecule has 0 aliphatic carbocycles. The highest BCUT2D eigenvalue weighted by Crippen LogP contribution is 2.17. The molecule has 0 saturated heterocycles. The number of amides is 1. The van der Waals surface area contributed by atoms with E-state index in [1.165, 1.54) is 18.3 Å². The lowest BCUT2D eigenvalue weighted by molar-refractivity contribution is 0.185. The molecule has 0 spiro atoms. The van der Waals surface area contributed by atoms with Crippen molar-refractivity contribution >= 4 is 6.09 Å². The van der Waals surface area contributed by atoms with Crippen molar-refractivity contribution in [3.63, 3.8) is 0 Å². The Morgan fingerprint density at radius 3 is 2.67 bits per heavy atom. The number of carboxylic acid groups (broad SMARTS) is 1. The molecule has 5 nitrogen and oxygen atoms in total. The normalized spacial score (nSPS) is 12.5. The second-order valence-electron chi connectivity index (χ2n) is 3.65. The number of aromatic amines is 1. The monoisotopic (exact) mass is 210 g/mol. The molecular weight excluding hydrogens is 196 g/mol. The summed E-state index contributed by atoms with van der Waals surface area (Å²) in [6.07, 6.45) is 0.412. The van der Waals surface area contributed by atoms with Gasteiger partial charge in [-0.2, -0.15) is 0 Å². The summed E-state index contributed by atoms with van der Waals surface area (Å²) in [5, 5.41) is 11.0. The number of carbonyl (C=O) groups is 1. The fraction of sp³-hybridized carbons (Fsp3) is 0.400. The highest BCUT2D eigenvalue weighted by atomic mass is 16.4. The molecule has 0 radical (unpaired) electrons. The quantitative estimate of drug-likeness (QED) is 0.704. The van der Waals surface area contributed by atoms with Crippen molar-refractivity contribution in [1.29, 1.82) is 0 Å². The summed E-state index contributed by atoms with van der Waals surface area (Å²) in [6, 6.07) is 2.40. The topological polar surface area (TPSA) is 82.2 Å². The Balaban J connectivity index is 2.98. The molecule has 1 rings (SSSR count). The smallest absolute Gasteiger partial charge is 0.405 e. The van der Waals surface area contributed by atoms with Gasteiger partial charge in [0.25, 0.3) is 0 Å². The standard InChI is InChI=1S/C10H14N2O3/c1-6(2)9(12-10(14)15)8-5-7(13)3-4-11-8/h3-6,9,12H,1-2H3,(H,11,13)(H,14,15). The number of pyridine rings is 1. The predicted molar refractivity (Wildman–Crippen MR) is 55.8 cm³/mol. The second-order valence-corrected chi connectivity index (χ2v) is 3.65. The van der Waals surface area contributed by atoms with Crippen LogP contribution in [0.1, 0.15) is 25.6 Å². The maximum Gasteiger partial charge on any atom is 0.405 e. The van der Waals surface area contributed by atoms with E-state index in [9.17, 15) is 9.59 Å². The van der Waals surface area contributed by atoms with Gasteiger partial charge in [0.15, 0.2) is 5.43 Å². The van der Waals surface area contributed by atoms with Crippen molar-refractivity contribution in [2.75, 3.05) is 0 Å². The van der Waals surface area contributed by atoms with Gasteiger partial charge < -0.3 is 15.4 Å². The van der Waals surface area contributed by atoms with Crippen LogP contribution in [-0.2, 0) is 0 Å². The summed E-state index contributed by atoms with van der Waals surface area (Å²) < 4.78 is 0. The molecule has 0 saturated carbocycles. The van der Waals surface area contributed by atoms with Gasteiger partial charge in [0, 0.05) is 24.0 Å². The lowest BCUT2D eigenvalue weighted by Crippen LogP contribution is -2.31. The fourth-order valence-corrected chi connectivity index (χ4v) is 1.38. The van der Waals surface area contributed by atoms with E-state index in [0.29, 0.717) is 5.69 Å². The summed E-state index contributed by atoms with van der Waals surface area (Å²) in [6.45, 7) is 3.76. The molecule has 0 bridgehead atoms. The minimum atomic E-state index is -1.10. The van der Waals surface area contributed by atoms with Crippen LogP contribution in [0.25, 0.3) is 0 Å². The van der Waals surface area contributed by atoms with Crippen LogP contribution in [0.5, 0.6) is 0 Å². The highest BCUT2D eigenvalue weighted by Gasteiger charge is 2.18. The lowest BCUT2D eigenvalue weighted by atomic mass is 10.0. The van der Waals surface area contributed by atoms with Crippen molar-refractivity contribution in [2.24, 2.45) is 5.92 Å². The predicted octanol–water partition coefficient (Wildman–Crippen LogP) is 1.34. The fourth-order valence-electron chi connectivity index (χ4n) is 1.38. The average molecular weight is 210 g/mol. The van der Waals surface area contributed by atoms with E-state index >= 15 is 0 Å². The van der Waals surface area contributed by atoms with E-state index in [1.807, 2.05) is 13.8 Å². The molecule has 82 valence electrons. The Labute approximate surface area is 87.1 Å². The third-order valence-corrected chi connectivity index (χ3v) is 2.08. The van der Waals surface area contributed by atoms with Gasteiger partial charge in [0.1, 0.15) is 0 Å². The van der Waals surface area contributed by atoms with Gasteiger partial charge >= 0.3 is 6.09 Å². The first kappa shape index (κ1) is 11.3. The van der Waals surface area contributed by atoms with Gasteiger partial charge in [-0.1, -0.05) is 13.8 Å². The number of H-pyrrole nitrogens is 1. The molecule has 1 heterocycles. The Kier molecular flexibility index (Phi) is 3.49. The van der Waals surface area contributed by atoms with Gasteiger partial charge in [-0.25, -0.2) is 4.79 Å². The maximum absolute atomic E-state index is 11.1. The average Bonchev–Trinajstić information content (AvgIpc) is 2.13. The van der Waals surface area contributed by atoms with Gasteiger partial charge in [0.2, 0.25) is 0 Å². The van der Waals surface area contributed by atoms with Crippen LogP contribution in [0, 0.1) is 5.92 Å². The first-order chi connectivity index (χ1) is 7.00. The Bertz CT molecular complexity index is 398. The number of hydrogen-bond acceptors (Lipinski definition) is 2. The largest absolute Gasteiger partial charge is 0.465 e. The van der Waals surface area contributed by atoms with Crippen molar-refractivity contribution in [1.82, 2.24) is 10.3 Å².